The highest BCUT2D eigenvalue weighted by Crippen LogP contribution is 2.26. The average molecular weight is 396 g/mol. The van der Waals surface area contributed by atoms with E-state index in [0.717, 1.165) is 16.7 Å². The zero-order valence-corrected chi connectivity index (χ0v) is 15.9. The van der Waals surface area contributed by atoms with Crippen LogP contribution in [0.4, 0.5) is 14.5 Å². The molecule has 0 saturated carbocycles. The van der Waals surface area contributed by atoms with Crippen molar-refractivity contribution in [2.45, 2.75) is 19.6 Å². The zero-order chi connectivity index (χ0) is 20.6. The molecule has 0 radical (unpaired) electrons. The molecule has 0 spiro atoms. The number of nitrogens with one attached hydrogen (secondary N) is 2. The first-order chi connectivity index (χ1) is 14.0. The van der Waals surface area contributed by atoms with Crippen molar-refractivity contribution in [2.24, 2.45) is 0 Å². The van der Waals surface area contributed by atoms with Crippen LogP contribution >= 0.6 is 0 Å². The van der Waals surface area contributed by atoms with E-state index in [0.29, 0.717) is 0 Å². The number of rotatable bonds is 8. The van der Waals surface area contributed by atoms with Crippen LogP contribution < -0.4 is 15.4 Å². The van der Waals surface area contributed by atoms with Gasteiger partial charge in [-0.3, -0.25) is 10.1 Å². The number of aryl methyl sites for hydroxylation is 1. The molecular weight excluding hydrogens is 374 g/mol. The Hall–Kier alpha value is -3.25. The molecule has 1 atom stereocenters. The van der Waals surface area contributed by atoms with E-state index in [9.17, 15) is 13.6 Å². The van der Waals surface area contributed by atoms with Gasteiger partial charge in [-0.1, -0.05) is 72.3 Å². The summed E-state index contributed by atoms with van der Waals surface area (Å²) in [7, 11) is 0. The molecule has 3 rings (SSSR count). The van der Waals surface area contributed by atoms with Crippen molar-refractivity contribution in [3.05, 3.63) is 95.6 Å². The number of ether oxygens (including phenoxy) is 1. The Balaban J connectivity index is 1.71. The molecule has 0 aliphatic carbocycles. The molecular formula is C23H22F2N2O2. The van der Waals surface area contributed by atoms with Gasteiger partial charge >= 0.3 is 6.61 Å². The monoisotopic (exact) mass is 396 g/mol. The largest absolute Gasteiger partial charge is 0.433 e. The smallest absolute Gasteiger partial charge is 0.387 e. The van der Waals surface area contributed by atoms with Crippen LogP contribution in [0.2, 0.25) is 0 Å². The third-order valence-corrected chi connectivity index (χ3v) is 4.39. The summed E-state index contributed by atoms with van der Waals surface area (Å²) in [4.78, 5) is 12.5. The minimum absolute atomic E-state index is 0.00352. The Morgan fingerprint density at radius 3 is 2.21 bits per heavy atom. The fraction of sp³-hybridized carbons (Fsp3) is 0.174. The predicted octanol–water partition coefficient (Wildman–Crippen LogP) is 4.91. The molecule has 2 N–H and O–H groups in total. The molecule has 0 saturated heterocycles. The first kappa shape index (κ1) is 20.5. The van der Waals surface area contributed by atoms with Crippen LogP contribution in [-0.4, -0.2) is 19.1 Å². The van der Waals surface area contributed by atoms with E-state index in [-0.39, 0.29) is 29.9 Å². The lowest BCUT2D eigenvalue weighted by molar-refractivity contribution is -0.115. The van der Waals surface area contributed by atoms with Crippen molar-refractivity contribution < 1.29 is 18.3 Å². The molecule has 0 bridgehead atoms. The maximum absolute atomic E-state index is 12.5. The summed E-state index contributed by atoms with van der Waals surface area (Å²) in [5.41, 5.74) is 3.39. The molecule has 0 aromatic heterocycles. The molecule has 4 nitrogen and oxygen atoms in total. The van der Waals surface area contributed by atoms with Crippen molar-refractivity contribution >= 4 is 11.6 Å². The summed E-state index contributed by atoms with van der Waals surface area (Å²) in [6.45, 7) is -0.951. The minimum Gasteiger partial charge on any atom is -0.433 e. The standard InChI is InChI=1S/C23H22F2N2O2/c1-16-11-13-18(14-12-16)22(17-7-3-2-4-8-17)26-15-21(28)27-19-9-5-6-10-20(19)29-23(24)25/h2-14,22-23,26H,15H2,1H3,(H,27,28)/t22-/m1/s1. The van der Waals surface area contributed by atoms with E-state index < -0.39 is 6.61 Å². The number of anilines is 1. The number of halogens is 2. The molecule has 29 heavy (non-hydrogen) atoms. The normalized spacial score (nSPS) is 11.9. The van der Waals surface area contributed by atoms with Crippen LogP contribution in [0.1, 0.15) is 22.7 Å². The van der Waals surface area contributed by atoms with Gasteiger partial charge in [0.1, 0.15) is 5.75 Å². The number of para-hydroxylation sites is 2. The van der Waals surface area contributed by atoms with E-state index in [4.69, 9.17) is 0 Å². The lowest BCUT2D eigenvalue weighted by atomic mass is 9.98. The highest BCUT2D eigenvalue weighted by Gasteiger charge is 2.16. The van der Waals surface area contributed by atoms with Crippen molar-refractivity contribution in [3.63, 3.8) is 0 Å². The fourth-order valence-corrected chi connectivity index (χ4v) is 2.99. The van der Waals surface area contributed by atoms with Gasteiger partial charge < -0.3 is 10.1 Å². The molecule has 0 aliphatic rings. The molecule has 150 valence electrons. The van der Waals surface area contributed by atoms with Gasteiger partial charge in [0.2, 0.25) is 5.91 Å². The summed E-state index contributed by atoms with van der Waals surface area (Å²) in [6.07, 6.45) is 0. The number of amides is 1. The quantitative estimate of drug-likeness (QED) is 0.569. The summed E-state index contributed by atoms with van der Waals surface area (Å²) in [5.74, 6) is -0.433. The fourth-order valence-electron chi connectivity index (χ4n) is 2.99. The topological polar surface area (TPSA) is 50.4 Å². The number of hydrogen-bond acceptors (Lipinski definition) is 3. The van der Waals surface area contributed by atoms with Gasteiger partial charge in [0.15, 0.2) is 0 Å². The maximum Gasteiger partial charge on any atom is 0.387 e. The summed E-state index contributed by atoms with van der Waals surface area (Å²) in [6, 6.07) is 23.8. The highest BCUT2D eigenvalue weighted by atomic mass is 19.3. The lowest BCUT2D eigenvalue weighted by Crippen LogP contribution is -2.32. The van der Waals surface area contributed by atoms with E-state index in [2.05, 4.69) is 15.4 Å². The second-order valence-corrected chi connectivity index (χ2v) is 6.56. The van der Waals surface area contributed by atoms with E-state index in [1.54, 1.807) is 12.1 Å². The third kappa shape index (κ3) is 5.86. The van der Waals surface area contributed by atoms with Gasteiger partial charge in [0.05, 0.1) is 18.3 Å². The number of hydrogen-bond donors (Lipinski definition) is 2. The second-order valence-electron chi connectivity index (χ2n) is 6.56. The van der Waals surface area contributed by atoms with Crippen molar-refractivity contribution in [2.75, 3.05) is 11.9 Å². The van der Waals surface area contributed by atoms with Crippen molar-refractivity contribution in [3.8, 4) is 5.75 Å². The van der Waals surface area contributed by atoms with Gasteiger partial charge in [0, 0.05) is 0 Å². The Morgan fingerprint density at radius 2 is 1.52 bits per heavy atom. The van der Waals surface area contributed by atoms with E-state index in [1.807, 2.05) is 61.5 Å². The maximum atomic E-state index is 12.5. The molecule has 0 heterocycles. The van der Waals surface area contributed by atoms with E-state index in [1.165, 1.54) is 12.1 Å². The number of benzene rings is 3. The second kappa shape index (κ2) is 9.80. The minimum atomic E-state index is -2.96. The van der Waals surface area contributed by atoms with E-state index >= 15 is 0 Å². The number of carbonyl (C=O) groups excluding carboxylic acids is 1. The van der Waals surface area contributed by atoms with Crippen LogP contribution in [0.15, 0.2) is 78.9 Å². The Morgan fingerprint density at radius 1 is 0.897 bits per heavy atom. The molecule has 1 amide bonds. The SMILES string of the molecule is Cc1ccc([C@H](NCC(=O)Nc2ccccc2OC(F)F)c2ccccc2)cc1. The van der Waals surface area contributed by atoms with Gasteiger partial charge in [-0.2, -0.15) is 8.78 Å². The van der Waals surface area contributed by atoms with Gasteiger partial charge in [-0.15, -0.1) is 0 Å². The zero-order valence-electron chi connectivity index (χ0n) is 15.9. The summed E-state index contributed by atoms with van der Waals surface area (Å²) >= 11 is 0. The van der Waals surface area contributed by atoms with Crippen LogP contribution in [0.25, 0.3) is 0 Å². The number of alkyl halides is 2. The van der Waals surface area contributed by atoms with Crippen molar-refractivity contribution in [1.29, 1.82) is 0 Å². The lowest BCUT2D eigenvalue weighted by Gasteiger charge is -2.20. The first-order valence-corrected chi connectivity index (χ1v) is 9.21. The molecule has 3 aromatic carbocycles. The van der Waals surface area contributed by atoms with Crippen LogP contribution in [0, 0.1) is 6.92 Å². The van der Waals surface area contributed by atoms with Crippen LogP contribution in [0.5, 0.6) is 5.75 Å². The van der Waals surface area contributed by atoms with Gasteiger partial charge in [-0.25, -0.2) is 0 Å². The predicted molar refractivity (Wildman–Crippen MR) is 109 cm³/mol. The Bertz CT molecular complexity index is 931. The number of carbonyl (C=O) groups is 1. The first-order valence-electron chi connectivity index (χ1n) is 9.21. The third-order valence-electron chi connectivity index (χ3n) is 4.39. The molecule has 3 aromatic rings. The Labute approximate surface area is 168 Å². The Kier molecular flexibility index (Phi) is 6.92. The van der Waals surface area contributed by atoms with Gasteiger partial charge in [0.25, 0.3) is 0 Å². The van der Waals surface area contributed by atoms with Crippen molar-refractivity contribution in [1.82, 2.24) is 5.32 Å². The van der Waals surface area contributed by atoms with Gasteiger partial charge in [-0.05, 0) is 30.2 Å². The molecule has 0 aliphatic heterocycles. The highest BCUT2D eigenvalue weighted by molar-refractivity contribution is 5.93. The molecule has 0 unspecified atom stereocenters. The summed E-state index contributed by atoms with van der Waals surface area (Å²) < 4.78 is 29.5. The summed E-state index contributed by atoms with van der Waals surface area (Å²) in [5, 5.41) is 5.87. The van der Waals surface area contributed by atoms with Crippen LogP contribution in [0.3, 0.4) is 0 Å². The average Bonchev–Trinajstić information content (AvgIpc) is 2.71. The van der Waals surface area contributed by atoms with Crippen LogP contribution in [-0.2, 0) is 4.79 Å². The molecule has 0 fully saturated rings. The molecule has 6 heteroatoms.